The van der Waals surface area contributed by atoms with Gasteiger partial charge in [-0.2, -0.15) is 0 Å². The zero-order valence-corrected chi connectivity index (χ0v) is 13.9. The number of fused-ring (bicyclic) bond motifs is 3. The summed E-state index contributed by atoms with van der Waals surface area (Å²) < 4.78 is 0. The second kappa shape index (κ2) is 6.20. The van der Waals surface area contributed by atoms with E-state index in [4.69, 9.17) is 5.11 Å². The molecular formula is C18H17N3O2S. The van der Waals surface area contributed by atoms with Crippen LogP contribution < -0.4 is 5.32 Å². The molecule has 0 saturated heterocycles. The first-order chi connectivity index (χ1) is 11.7. The first-order valence-electron chi connectivity index (χ1n) is 8.04. The number of hydrogen-bond donors (Lipinski definition) is 2. The molecule has 0 fully saturated rings. The highest BCUT2D eigenvalue weighted by atomic mass is 32.1. The summed E-state index contributed by atoms with van der Waals surface area (Å²) in [6, 6.07) is 6.92. The molecule has 0 amide bonds. The van der Waals surface area contributed by atoms with Gasteiger partial charge in [-0.3, -0.25) is 0 Å². The van der Waals surface area contributed by atoms with Crippen molar-refractivity contribution in [2.45, 2.75) is 32.2 Å². The van der Waals surface area contributed by atoms with Crippen LogP contribution >= 0.6 is 11.3 Å². The molecule has 0 radical (unpaired) electrons. The largest absolute Gasteiger partial charge is 0.478 e. The van der Waals surface area contributed by atoms with Crippen molar-refractivity contribution in [3.8, 4) is 0 Å². The second-order valence-electron chi connectivity index (χ2n) is 5.97. The fraction of sp³-hybridized carbons (Fsp3) is 0.278. The molecule has 4 rings (SSSR count). The molecule has 1 aromatic carbocycles. The summed E-state index contributed by atoms with van der Waals surface area (Å²) in [6.07, 6.45) is 6.34. The van der Waals surface area contributed by atoms with E-state index in [0.29, 0.717) is 12.1 Å². The molecule has 0 aliphatic heterocycles. The van der Waals surface area contributed by atoms with E-state index in [2.05, 4.69) is 15.3 Å². The Hall–Kier alpha value is -2.47. The number of carboxylic acids is 1. The highest BCUT2D eigenvalue weighted by molar-refractivity contribution is 7.19. The van der Waals surface area contributed by atoms with Crippen molar-refractivity contribution in [1.29, 1.82) is 0 Å². The van der Waals surface area contributed by atoms with Gasteiger partial charge in [0.2, 0.25) is 0 Å². The van der Waals surface area contributed by atoms with Crippen LogP contribution in [0.1, 0.15) is 39.2 Å². The molecule has 0 atom stereocenters. The minimum absolute atomic E-state index is 0.301. The van der Waals surface area contributed by atoms with Crippen molar-refractivity contribution in [2.75, 3.05) is 5.32 Å². The predicted molar refractivity (Wildman–Crippen MR) is 94.8 cm³/mol. The molecular weight excluding hydrogens is 322 g/mol. The number of aryl methyl sites for hydroxylation is 2. The predicted octanol–water partition coefficient (Wildman–Crippen LogP) is 3.88. The zero-order chi connectivity index (χ0) is 16.5. The molecule has 3 aromatic rings. The van der Waals surface area contributed by atoms with E-state index in [0.717, 1.165) is 29.1 Å². The van der Waals surface area contributed by atoms with Crippen LogP contribution in [0.5, 0.6) is 0 Å². The number of benzene rings is 1. The lowest BCUT2D eigenvalue weighted by molar-refractivity contribution is 0.0697. The van der Waals surface area contributed by atoms with Crippen LogP contribution in [-0.4, -0.2) is 21.0 Å². The number of rotatable bonds is 4. The van der Waals surface area contributed by atoms with E-state index in [1.807, 2.05) is 12.1 Å². The molecule has 24 heavy (non-hydrogen) atoms. The first-order valence-corrected chi connectivity index (χ1v) is 8.85. The molecule has 6 heteroatoms. The Labute approximate surface area is 143 Å². The van der Waals surface area contributed by atoms with Gasteiger partial charge in [-0.15, -0.1) is 11.3 Å². The normalized spacial score (nSPS) is 13.7. The standard InChI is InChI=1S/C18H17N3O2S/c22-18(23)12-7-5-11(6-8-12)9-19-16-15-13-3-1-2-4-14(13)24-17(15)21-10-20-16/h5-8,10H,1-4,9H2,(H,22,23)(H,19,20,21). The summed E-state index contributed by atoms with van der Waals surface area (Å²) in [4.78, 5) is 22.3. The smallest absolute Gasteiger partial charge is 0.335 e. The van der Waals surface area contributed by atoms with Crippen molar-refractivity contribution in [2.24, 2.45) is 0 Å². The molecule has 0 unspecified atom stereocenters. The second-order valence-corrected chi connectivity index (χ2v) is 7.05. The minimum Gasteiger partial charge on any atom is -0.478 e. The lowest BCUT2D eigenvalue weighted by Crippen LogP contribution is -2.05. The van der Waals surface area contributed by atoms with Gasteiger partial charge >= 0.3 is 5.97 Å². The van der Waals surface area contributed by atoms with E-state index in [1.54, 1.807) is 29.8 Å². The number of aromatic carboxylic acids is 1. The highest BCUT2D eigenvalue weighted by Crippen LogP contribution is 2.38. The molecule has 5 nitrogen and oxygen atoms in total. The van der Waals surface area contributed by atoms with Crippen LogP contribution in [-0.2, 0) is 19.4 Å². The third kappa shape index (κ3) is 2.73. The number of thiophene rings is 1. The quantitative estimate of drug-likeness (QED) is 0.754. The topological polar surface area (TPSA) is 75.1 Å². The maximum Gasteiger partial charge on any atom is 0.335 e. The molecule has 0 saturated carbocycles. The highest BCUT2D eigenvalue weighted by Gasteiger charge is 2.19. The molecule has 2 aromatic heterocycles. The number of carbonyl (C=O) groups is 1. The molecule has 0 bridgehead atoms. The molecule has 2 N–H and O–H groups in total. The van der Waals surface area contributed by atoms with Gasteiger partial charge in [-0.05, 0) is 48.9 Å². The monoisotopic (exact) mass is 339 g/mol. The Kier molecular flexibility index (Phi) is 3.90. The average molecular weight is 339 g/mol. The van der Waals surface area contributed by atoms with Gasteiger partial charge in [0.05, 0.1) is 10.9 Å². The molecule has 122 valence electrons. The van der Waals surface area contributed by atoms with Crippen molar-refractivity contribution in [1.82, 2.24) is 9.97 Å². The van der Waals surface area contributed by atoms with E-state index in [9.17, 15) is 4.79 Å². The molecule has 0 spiro atoms. The van der Waals surface area contributed by atoms with Crippen LogP contribution in [0.3, 0.4) is 0 Å². The SMILES string of the molecule is O=C(O)c1ccc(CNc2ncnc3sc4c(c23)CCCC4)cc1. The van der Waals surface area contributed by atoms with E-state index < -0.39 is 5.97 Å². The van der Waals surface area contributed by atoms with Crippen LogP contribution in [0.2, 0.25) is 0 Å². The van der Waals surface area contributed by atoms with Crippen molar-refractivity contribution >= 4 is 33.3 Å². The van der Waals surface area contributed by atoms with Crippen molar-refractivity contribution < 1.29 is 9.90 Å². The van der Waals surface area contributed by atoms with E-state index in [1.165, 1.54) is 28.7 Å². The number of aromatic nitrogens is 2. The molecule has 2 heterocycles. The number of carboxylic acid groups (broad SMARTS) is 1. The molecule has 1 aliphatic rings. The number of hydrogen-bond acceptors (Lipinski definition) is 5. The minimum atomic E-state index is -0.906. The van der Waals surface area contributed by atoms with Gasteiger partial charge in [0, 0.05) is 11.4 Å². The number of nitrogens with one attached hydrogen (secondary N) is 1. The van der Waals surface area contributed by atoms with E-state index >= 15 is 0 Å². The third-order valence-electron chi connectivity index (χ3n) is 4.41. The number of nitrogens with zero attached hydrogens (tertiary/aromatic N) is 2. The summed E-state index contributed by atoms with van der Waals surface area (Å²) in [5.74, 6) is -0.0290. The average Bonchev–Trinajstić information content (AvgIpc) is 2.99. The van der Waals surface area contributed by atoms with Crippen molar-refractivity contribution in [3.05, 3.63) is 52.2 Å². The Morgan fingerprint density at radius 3 is 2.75 bits per heavy atom. The fourth-order valence-electron chi connectivity index (χ4n) is 3.18. The van der Waals surface area contributed by atoms with Crippen LogP contribution in [0.4, 0.5) is 5.82 Å². The third-order valence-corrected chi connectivity index (χ3v) is 5.61. The number of anilines is 1. The maximum absolute atomic E-state index is 10.9. The van der Waals surface area contributed by atoms with Gasteiger partial charge in [-0.25, -0.2) is 14.8 Å². The fourth-order valence-corrected chi connectivity index (χ4v) is 4.40. The lowest BCUT2D eigenvalue weighted by Gasteiger charge is -2.12. The molecule has 1 aliphatic carbocycles. The Balaban J connectivity index is 1.60. The van der Waals surface area contributed by atoms with Gasteiger partial charge in [0.25, 0.3) is 0 Å². The maximum atomic E-state index is 10.9. The van der Waals surface area contributed by atoms with Crippen LogP contribution in [0, 0.1) is 0 Å². The van der Waals surface area contributed by atoms with Gasteiger partial charge in [-0.1, -0.05) is 12.1 Å². The summed E-state index contributed by atoms with van der Waals surface area (Å²) >= 11 is 1.78. The summed E-state index contributed by atoms with van der Waals surface area (Å²) in [5.41, 5.74) is 2.73. The first kappa shape index (κ1) is 15.1. The van der Waals surface area contributed by atoms with Gasteiger partial charge in [0.1, 0.15) is 17.0 Å². The van der Waals surface area contributed by atoms with Crippen molar-refractivity contribution in [3.63, 3.8) is 0 Å². The van der Waals surface area contributed by atoms with E-state index in [-0.39, 0.29) is 0 Å². The summed E-state index contributed by atoms with van der Waals surface area (Å²) in [5, 5.41) is 13.5. The summed E-state index contributed by atoms with van der Waals surface area (Å²) in [7, 11) is 0. The van der Waals surface area contributed by atoms with Crippen LogP contribution in [0.15, 0.2) is 30.6 Å². The Bertz CT molecular complexity index is 903. The lowest BCUT2D eigenvalue weighted by atomic mass is 9.97. The van der Waals surface area contributed by atoms with Gasteiger partial charge < -0.3 is 10.4 Å². The Morgan fingerprint density at radius 1 is 1.17 bits per heavy atom. The van der Waals surface area contributed by atoms with Gasteiger partial charge in [0.15, 0.2) is 0 Å². The zero-order valence-electron chi connectivity index (χ0n) is 13.1. The van der Waals surface area contributed by atoms with Crippen LogP contribution in [0.25, 0.3) is 10.2 Å². The summed E-state index contributed by atoms with van der Waals surface area (Å²) in [6.45, 7) is 0.608. The Morgan fingerprint density at radius 2 is 1.96 bits per heavy atom.